The summed E-state index contributed by atoms with van der Waals surface area (Å²) in [7, 11) is 2.49. The Hall–Kier alpha value is -3.93. The normalized spacial score (nSPS) is 11.3. The molecule has 0 atom stereocenters. The fraction of sp³-hybridized carbons (Fsp3) is 0.417. The minimum absolute atomic E-state index is 0.0802. The van der Waals surface area contributed by atoms with Crippen LogP contribution in [0.1, 0.15) is 52.1 Å². The van der Waals surface area contributed by atoms with E-state index in [-0.39, 0.29) is 31.1 Å². The molecule has 3 aromatic rings. The standard InChI is InChI=1S/C24H29ClN6O6/c1-24(2,3)21-20(25)23-28-22(30-31(23)29-21)13-10-14(26-16(32)6-8-18(34)36-4)12-15(11-13)27-17(33)7-9-19(35)37-5/h10-12H,6-9H2,1-5H3,(H,26,32)(H,27,33)(H,28,30). The first kappa shape index (κ1) is 27.7. The molecule has 0 bridgehead atoms. The molecule has 2 amide bonds. The van der Waals surface area contributed by atoms with Crippen molar-refractivity contribution in [2.45, 2.75) is 51.9 Å². The van der Waals surface area contributed by atoms with Gasteiger partial charge in [0.15, 0.2) is 11.5 Å². The summed E-state index contributed by atoms with van der Waals surface area (Å²) < 4.78 is 10.5. The highest BCUT2D eigenvalue weighted by Crippen LogP contribution is 2.33. The van der Waals surface area contributed by atoms with Crippen molar-refractivity contribution in [1.82, 2.24) is 19.8 Å². The summed E-state index contributed by atoms with van der Waals surface area (Å²) >= 11 is 6.54. The first-order valence-electron chi connectivity index (χ1n) is 11.4. The third-order valence-electron chi connectivity index (χ3n) is 5.29. The van der Waals surface area contributed by atoms with Crippen molar-refractivity contribution in [2.24, 2.45) is 0 Å². The highest BCUT2D eigenvalue weighted by atomic mass is 35.5. The zero-order valence-electron chi connectivity index (χ0n) is 21.2. The van der Waals surface area contributed by atoms with Gasteiger partial charge in [0.2, 0.25) is 11.8 Å². The van der Waals surface area contributed by atoms with Crippen LogP contribution in [0.5, 0.6) is 0 Å². The average Bonchev–Trinajstić information content (AvgIpc) is 3.40. The zero-order valence-corrected chi connectivity index (χ0v) is 22.0. The van der Waals surface area contributed by atoms with Crippen LogP contribution < -0.4 is 10.6 Å². The second-order valence-electron chi connectivity index (χ2n) is 9.27. The summed E-state index contributed by atoms with van der Waals surface area (Å²) in [6.07, 6.45) is -0.332. The number of hydrogen-bond donors (Lipinski definition) is 3. The van der Waals surface area contributed by atoms with Crippen molar-refractivity contribution >= 4 is 52.4 Å². The van der Waals surface area contributed by atoms with E-state index in [0.717, 1.165) is 0 Å². The molecule has 0 saturated carbocycles. The Kier molecular flexibility index (Phi) is 8.53. The molecule has 0 unspecified atom stereocenters. The number of methoxy groups -OCH3 is 2. The van der Waals surface area contributed by atoms with Gasteiger partial charge in [0.1, 0.15) is 5.02 Å². The molecule has 0 saturated heterocycles. The van der Waals surface area contributed by atoms with E-state index in [2.05, 4.69) is 35.3 Å². The van der Waals surface area contributed by atoms with E-state index in [1.54, 1.807) is 18.2 Å². The van der Waals surface area contributed by atoms with Crippen LogP contribution in [0.4, 0.5) is 11.4 Å². The summed E-state index contributed by atoms with van der Waals surface area (Å²) in [5.41, 5.74) is 2.12. The molecule has 3 rings (SSSR count). The van der Waals surface area contributed by atoms with Gasteiger partial charge < -0.3 is 25.1 Å². The lowest BCUT2D eigenvalue weighted by atomic mass is 9.92. The largest absolute Gasteiger partial charge is 0.469 e. The first-order valence-corrected chi connectivity index (χ1v) is 11.8. The predicted molar refractivity (Wildman–Crippen MR) is 136 cm³/mol. The lowest BCUT2D eigenvalue weighted by Crippen LogP contribution is -2.16. The number of halogens is 1. The maximum Gasteiger partial charge on any atom is 0.306 e. The van der Waals surface area contributed by atoms with Crippen LogP contribution in [0.25, 0.3) is 17.0 Å². The van der Waals surface area contributed by atoms with Crippen LogP contribution in [0.15, 0.2) is 18.2 Å². The maximum atomic E-state index is 12.4. The van der Waals surface area contributed by atoms with Crippen molar-refractivity contribution < 1.29 is 28.7 Å². The van der Waals surface area contributed by atoms with Gasteiger partial charge in [-0.2, -0.15) is 5.10 Å². The van der Waals surface area contributed by atoms with Gasteiger partial charge in [-0.3, -0.25) is 19.2 Å². The summed E-state index contributed by atoms with van der Waals surface area (Å²) in [4.78, 5) is 50.7. The number of amides is 2. The van der Waals surface area contributed by atoms with Gasteiger partial charge in [0, 0.05) is 35.2 Å². The van der Waals surface area contributed by atoms with Crippen LogP contribution in [-0.2, 0) is 34.1 Å². The predicted octanol–water partition coefficient (Wildman–Crippen LogP) is 3.46. The van der Waals surface area contributed by atoms with Crippen LogP contribution >= 0.6 is 11.6 Å². The lowest BCUT2D eigenvalue weighted by molar-refractivity contribution is -0.142. The number of rotatable bonds is 9. The number of aromatic nitrogens is 4. The minimum Gasteiger partial charge on any atom is -0.469 e. The van der Waals surface area contributed by atoms with Crippen LogP contribution in [0.2, 0.25) is 5.02 Å². The monoisotopic (exact) mass is 532 g/mol. The van der Waals surface area contributed by atoms with Crippen molar-refractivity contribution in [3.8, 4) is 11.4 Å². The molecule has 0 fully saturated rings. The van der Waals surface area contributed by atoms with E-state index in [4.69, 9.17) is 11.6 Å². The molecule has 2 aromatic heterocycles. The van der Waals surface area contributed by atoms with Crippen LogP contribution in [0, 0.1) is 0 Å². The third kappa shape index (κ3) is 7.06. The number of esters is 2. The number of H-pyrrole nitrogens is 1. The van der Waals surface area contributed by atoms with E-state index in [1.807, 2.05) is 20.8 Å². The Morgan fingerprint density at radius 3 is 1.84 bits per heavy atom. The number of carbonyl (C=O) groups excluding carboxylic acids is 4. The zero-order chi connectivity index (χ0) is 27.3. The average molecular weight is 533 g/mol. The number of anilines is 2. The highest BCUT2D eigenvalue weighted by molar-refractivity contribution is 6.34. The first-order chi connectivity index (χ1) is 17.4. The number of fused-ring (bicyclic) bond motifs is 1. The molecule has 3 N–H and O–H groups in total. The molecule has 0 radical (unpaired) electrons. The SMILES string of the molecule is COC(=O)CCC(=O)Nc1cc(NC(=O)CCC(=O)OC)cc(-c2nn3nc(C(C)(C)C)c(Cl)c3[nH]2)c1. The molecule has 37 heavy (non-hydrogen) atoms. The summed E-state index contributed by atoms with van der Waals surface area (Å²) in [5, 5.41) is 14.8. The van der Waals surface area contributed by atoms with Crippen LogP contribution in [0.3, 0.4) is 0 Å². The van der Waals surface area contributed by atoms with E-state index < -0.39 is 23.8 Å². The smallest absolute Gasteiger partial charge is 0.306 e. The van der Waals surface area contributed by atoms with E-state index >= 15 is 0 Å². The number of aromatic amines is 1. The van der Waals surface area contributed by atoms with Gasteiger partial charge in [-0.15, -0.1) is 9.73 Å². The van der Waals surface area contributed by atoms with E-state index in [1.165, 1.54) is 18.8 Å². The number of ether oxygens (including phenoxy) is 2. The molecule has 2 heterocycles. The molecule has 0 aliphatic carbocycles. The van der Waals surface area contributed by atoms with Gasteiger partial charge in [0.05, 0.1) is 32.8 Å². The molecule has 0 aliphatic heterocycles. The molecular weight excluding hydrogens is 504 g/mol. The maximum absolute atomic E-state index is 12.4. The van der Waals surface area contributed by atoms with Crippen molar-refractivity contribution in [3.05, 3.63) is 28.9 Å². The Bertz CT molecular complexity index is 1290. The molecule has 12 nitrogen and oxygen atoms in total. The minimum atomic E-state index is -0.507. The fourth-order valence-electron chi connectivity index (χ4n) is 3.40. The number of nitrogens with one attached hydrogen (secondary N) is 3. The topological polar surface area (TPSA) is 157 Å². The number of nitrogens with zero attached hydrogens (tertiary/aromatic N) is 3. The molecule has 198 valence electrons. The highest BCUT2D eigenvalue weighted by Gasteiger charge is 2.25. The van der Waals surface area contributed by atoms with Gasteiger partial charge in [-0.1, -0.05) is 32.4 Å². The quantitative estimate of drug-likeness (QED) is 0.353. The Morgan fingerprint density at radius 2 is 1.41 bits per heavy atom. The molecule has 1 aromatic carbocycles. The summed E-state index contributed by atoms with van der Waals surface area (Å²) in [5.74, 6) is -1.46. The van der Waals surface area contributed by atoms with Gasteiger partial charge in [-0.25, -0.2) is 0 Å². The van der Waals surface area contributed by atoms with Crippen molar-refractivity contribution in [1.29, 1.82) is 0 Å². The van der Waals surface area contributed by atoms with Gasteiger partial charge in [-0.05, 0) is 18.2 Å². The van der Waals surface area contributed by atoms with Gasteiger partial charge in [0.25, 0.3) is 0 Å². The molecular formula is C24H29ClN6O6. The van der Waals surface area contributed by atoms with Crippen LogP contribution in [-0.4, -0.2) is 57.8 Å². The lowest BCUT2D eigenvalue weighted by Gasteiger charge is -2.14. The second-order valence-corrected chi connectivity index (χ2v) is 9.65. The van der Waals surface area contributed by atoms with E-state index in [0.29, 0.717) is 39.1 Å². The Balaban J connectivity index is 1.92. The Morgan fingerprint density at radius 1 is 0.892 bits per heavy atom. The van der Waals surface area contributed by atoms with Crippen molar-refractivity contribution in [3.63, 3.8) is 0 Å². The van der Waals surface area contributed by atoms with E-state index in [9.17, 15) is 19.2 Å². The number of benzene rings is 1. The fourth-order valence-corrected chi connectivity index (χ4v) is 3.84. The third-order valence-corrected chi connectivity index (χ3v) is 5.65. The number of carbonyl (C=O) groups is 4. The Labute approximate surface area is 218 Å². The second kappa shape index (κ2) is 11.4. The van der Waals surface area contributed by atoms with Crippen molar-refractivity contribution in [2.75, 3.05) is 24.9 Å². The summed E-state index contributed by atoms with van der Waals surface area (Å²) in [6.45, 7) is 5.97. The molecule has 0 aliphatic rings. The molecule has 13 heteroatoms. The molecule has 0 spiro atoms. The van der Waals surface area contributed by atoms with Gasteiger partial charge >= 0.3 is 11.9 Å². The number of hydrogen-bond acceptors (Lipinski definition) is 8. The summed E-state index contributed by atoms with van der Waals surface area (Å²) in [6, 6.07) is 4.85.